The van der Waals surface area contributed by atoms with Crippen molar-refractivity contribution in [2.45, 2.75) is 26.8 Å². The van der Waals surface area contributed by atoms with E-state index in [-0.39, 0.29) is 24.3 Å². The van der Waals surface area contributed by atoms with Crippen LogP contribution in [0, 0.1) is 12.8 Å². The number of aryl methyl sites for hydroxylation is 1. The standard InChI is InChI=1S/C17H27N3O3/c1-12(2)16(18)17(22)19-11-15(21)20(4)9-10-23-14-7-5-13(3)6-8-14/h5-8,12,16H,9-11,18H2,1-4H3,(H,19,22)/t16-/m0/s1. The third kappa shape index (κ3) is 6.69. The Balaban J connectivity index is 2.28. The fraction of sp³-hybridized carbons (Fsp3) is 0.529. The fourth-order valence-electron chi connectivity index (χ4n) is 1.78. The van der Waals surface area contributed by atoms with Crippen LogP contribution in [0.1, 0.15) is 19.4 Å². The van der Waals surface area contributed by atoms with Gasteiger partial charge in [0.15, 0.2) is 0 Å². The zero-order valence-corrected chi connectivity index (χ0v) is 14.3. The predicted octanol–water partition coefficient (Wildman–Crippen LogP) is 0.932. The third-order valence-corrected chi connectivity index (χ3v) is 3.58. The summed E-state index contributed by atoms with van der Waals surface area (Å²) in [5.74, 6) is 0.317. The van der Waals surface area contributed by atoms with Gasteiger partial charge < -0.3 is 20.7 Å². The molecule has 0 aromatic heterocycles. The minimum atomic E-state index is -0.599. The van der Waals surface area contributed by atoms with Gasteiger partial charge in [0, 0.05) is 7.05 Å². The number of benzene rings is 1. The molecule has 0 radical (unpaired) electrons. The molecule has 0 saturated heterocycles. The maximum atomic E-state index is 11.9. The molecule has 1 aromatic rings. The third-order valence-electron chi connectivity index (χ3n) is 3.58. The molecule has 0 fully saturated rings. The molecule has 0 bridgehead atoms. The number of nitrogens with zero attached hydrogens (tertiary/aromatic N) is 1. The molecular weight excluding hydrogens is 294 g/mol. The molecule has 0 aliphatic heterocycles. The number of rotatable bonds is 8. The second kappa shape index (κ2) is 9.15. The lowest BCUT2D eigenvalue weighted by molar-refractivity contribution is -0.132. The molecule has 3 N–H and O–H groups in total. The number of nitrogens with two attached hydrogens (primary N) is 1. The Hall–Kier alpha value is -2.08. The highest BCUT2D eigenvalue weighted by atomic mass is 16.5. The summed E-state index contributed by atoms with van der Waals surface area (Å²) >= 11 is 0. The van der Waals surface area contributed by atoms with Crippen molar-refractivity contribution < 1.29 is 14.3 Å². The van der Waals surface area contributed by atoms with Crippen molar-refractivity contribution in [3.8, 4) is 5.75 Å². The van der Waals surface area contributed by atoms with Crippen molar-refractivity contribution in [1.29, 1.82) is 0 Å². The molecule has 0 heterocycles. The van der Waals surface area contributed by atoms with E-state index in [1.54, 1.807) is 7.05 Å². The van der Waals surface area contributed by atoms with Gasteiger partial charge >= 0.3 is 0 Å². The minimum Gasteiger partial charge on any atom is -0.492 e. The molecule has 0 unspecified atom stereocenters. The zero-order valence-electron chi connectivity index (χ0n) is 14.3. The number of nitrogens with one attached hydrogen (secondary N) is 1. The van der Waals surface area contributed by atoms with Crippen LogP contribution < -0.4 is 15.8 Å². The van der Waals surface area contributed by atoms with E-state index in [1.807, 2.05) is 45.0 Å². The van der Waals surface area contributed by atoms with Gasteiger partial charge in [-0.05, 0) is 25.0 Å². The molecule has 0 spiro atoms. The average Bonchev–Trinajstić information content (AvgIpc) is 2.53. The Morgan fingerprint density at radius 2 is 1.87 bits per heavy atom. The lowest BCUT2D eigenvalue weighted by Crippen LogP contribution is -2.47. The molecule has 1 rings (SSSR count). The van der Waals surface area contributed by atoms with Gasteiger partial charge in [0.25, 0.3) is 0 Å². The van der Waals surface area contributed by atoms with Crippen LogP contribution in [0.3, 0.4) is 0 Å². The summed E-state index contributed by atoms with van der Waals surface area (Å²) in [5, 5.41) is 2.56. The monoisotopic (exact) mass is 321 g/mol. The Morgan fingerprint density at radius 3 is 2.43 bits per heavy atom. The predicted molar refractivity (Wildman–Crippen MR) is 90.1 cm³/mol. The highest BCUT2D eigenvalue weighted by molar-refractivity contribution is 5.87. The second-order valence-electron chi connectivity index (χ2n) is 5.96. The molecule has 2 amide bonds. The van der Waals surface area contributed by atoms with E-state index in [0.29, 0.717) is 13.2 Å². The van der Waals surface area contributed by atoms with Crippen LogP contribution in [0.4, 0.5) is 0 Å². The van der Waals surface area contributed by atoms with E-state index in [1.165, 1.54) is 10.5 Å². The van der Waals surface area contributed by atoms with E-state index in [0.717, 1.165) is 5.75 Å². The molecule has 1 aromatic carbocycles. The molecule has 6 heteroatoms. The Labute approximate surface area is 138 Å². The van der Waals surface area contributed by atoms with Crippen molar-refractivity contribution in [3.05, 3.63) is 29.8 Å². The van der Waals surface area contributed by atoms with Gasteiger partial charge in [0.1, 0.15) is 12.4 Å². The highest BCUT2D eigenvalue weighted by Gasteiger charge is 2.18. The van der Waals surface area contributed by atoms with E-state index >= 15 is 0 Å². The van der Waals surface area contributed by atoms with Gasteiger partial charge in [-0.15, -0.1) is 0 Å². The molecule has 0 aliphatic carbocycles. The highest BCUT2D eigenvalue weighted by Crippen LogP contribution is 2.11. The van der Waals surface area contributed by atoms with Crippen LogP contribution >= 0.6 is 0 Å². The smallest absolute Gasteiger partial charge is 0.241 e. The number of likely N-dealkylation sites (N-methyl/N-ethyl adjacent to an activating group) is 1. The van der Waals surface area contributed by atoms with Crippen LogP contribution in [0.2, 0.25) is 0 Å². The SMILES string of the molecule is Cc1ccc(OCCN(C)C(=O)CNC(=O)[C@@H](N)C(C)C)cc1. The van der Waals surface area contributed by atoms with Crippen molar-refractivity contribution >= 4 is 11.8 Å². The summed E-state index contributed by atoms with van der Waals surface area (Å²) in [7, 11) is 1.68. The number of carbonyl (C=O) groups excluding carboxylic acids is 2. The van der Waals surface area contributed by atoms with Gasteiger partial charge in [-0.1, -0.05) is 31.5 Å². The quantitative estimate of drug-likeness (QED) is 0.746. The first-order valence-corrected chi connectivity index (χ1v) is 7.78. The van der Waals surface area contributed by atoms with Crippen molar-refractivity contribution in [2.75, 3.05) is 26.7 Å². The molecule has 0 aliphatic rings. The number of hydrogen-bond donors (Lipinski definition) is 2. The van der Waals surface area contributed by atoms with Crippen LogP contribution in [-0.4, -0.2) is 49.5 Å². The topological polar surface area (TPSA) is 84.7 Å². The maximum Gasteiger partial charge on any atom is 0.241 e. The first-order chi connectivity index (χ1) is 10.8. The Bertz CT molecular complexity index is 514. The maximum absolute atomic E-state index is 11.9. The molecule has 23 heavy (non-hydrogen) atoms. The van der Waals surface area contributed by atoms with Gasteiger partial charge in [0.05, 0.1) is 19.1 Å². The van der Waals surface area contributed by atoms with Gasteiger partial charge in [0.2, 0.25) is 11.8 Å². The summed E-state index contributed by atoms with van der Waals surface area (Å²) < 4.78 is 5.58. The minimum absolute atomic E-state index is 0.0331. The first kappa shape index (κ1) is 19.0. The number of carbonyl (C=O) groups is 2. The zero-order chi connectivity index (χ0) is 17.4. The number of hydrogen-bond acceptors (Lipinski definition) is 4. The summed E-state index contributed by atoms with van der Waals surface area (Å²) in [6.45, 7) is 6.51. The van der Waals surface area contributed by atoms with E-state index < -0.39 is 6.04 Å². The number of ether oxygens (including phenoxy) is 1. The van der Waals surface area contributed by atoms with Crippen molar-refractivity contribution in [3.63, 3.8) is 0 Å². The molecule has 128 valence electrons. The van der Waals surface area contributed by atoms with E-state index in [2.05, 4.69) is 5.32 Å². The lowest BCUT2D eigenvalue weighted by Gasteiger charge is -2.19. The first-order valence-electron chi connectivity index (χ1n) is 7.78. The van der Waals surface area contributed by atoms with Gasteiger partial charge in [-0.2, -0.15) is 0 Å². The van der Waals surface area contributed by atoms with Crippen molar-refractivity contribution in [2.24, 2.45) is 11.7 Å². The molecular formula is C17H27N3O3. The Morgan fingerprint density at radius 1 is 1.26 bits per heavy atom. The normalized spacial score (nSPS) is 11.9. The summed E-state index contributed by atoms with van der Waals surface area (Å²) in [4.78, 5) is 25.2. The molecule has 1 atom stereocenters. The fourth-order valence-corrected chi connectivity index (χ4v) is 1.78. The van der Waals surface area contributed by atoms with E-state index in [4.69, 9.17) is 10.5 Å². The van der Waals surface area contributed by atoms with Crippen LogP contribution in [0.25, 0.3) is 0 Å². The summed E-state index contributed by atoms with van der Waals surface area (Å²) in [6, 6.07) is 7.13. The largest absolute Gasteiger partial charge is 0.492 e. The number of amides is 2. The van der Waals surface area contributed by atoms with Crippen molar-refractivity contribution in [1.82, 2.24) is 10.2 Å². The van der Waals surface area contributed by atoms with Crippen LogP contribution in [-0.2, 0) is 9.59 Å². The summed E-state index contributed by atoms with van der Waals surface area (Å²) in [6.07, 6.45) is 0. The van der Waals surface area contributed by atoms with E-state index in [9.17, 15) is 9.59 Å². The molecule has 0 saturated carbocycles. The molecule has 6 nitrogen and oxygen atoms in total. The second-order valence-corrected chi connectivity index (χ2v) is 5.96. The van der Waals surface area contributed by atoms with Gasteiger partial charge in [-0.3, -0.25) is 9.59 Å². The average molecular weight is 321 g/mol. The summed E-state index contributed by atoms with van der Waals surface area (Å²) in [5.41, 5.74) is 6.89. The van der Waals surface area contributed by atoms with Crippen LogP contribution in [0.5, 0.6) is 5.75 Å². The van der Waals surface area contributed by atoms with Crippen LogP contribution in [0.15, 0.2) is 24.3 Å². The Kier molecular flexibility index (Phi) is 7.54. The van der Waals surface area contributed by atoms with Gasteiger partial charge in [-0.25, -0.2) is 0 Å². The lowest BCUT2D eigenvalue weighted by atomic mass is 10.1.